The van der Waals surface area contributed by atoms with Gasteiger partial charge < -0.3 is 20.0 Å². The van der Waals surface area contributed by atoms with Crippen LogP contribution in [0.25, 0.3) is 11.3 Å². The minimum absolute atomic E-state index is 0.0279. The summed E-state index contributed by atoms with van der Waals surface area (Å²) in [6, 6.07) is 17.8. The van der Waals surface area contributed by atoms with Crippen LogP contribution in [-0.4, -0.2) is 31.4 Å². The number of carbonyl (C=O) groups is 2. The Labute approximate surface area is 180 Å². The molecule has 0 unspecified atom stereocenters. The summed E-state index contributed by atoms with van der Waals surface area (Å²) in [5, 5.41) is 5.71. The number of anilines is 1. The molecule has 1 aliphatic rings. The average Bonchev–Trinajstić information content (AvgIpc) is 3.26. The number of furan rings is 1. The third-order valence-corrected chi connectivity index (χ3v) is 5.23. The summed E-state index contributed by atoms with van der Waals surface area (Å²) in [5.74, 6) is 0.708. The highest BCUT2D eigenvalue weighted by Gasteiger charge is 2.16. The molecule has 6 nitrogen and oxygen atoms in total. The number of carbonyl (C=O) groups excluding carboxylic acids is 2. The molecular formula is C24H24FN3O3. The first kappa shape index (κ1) is 20.7. The minimum Gasteiger partial charge on any atom is -0.461 e. The first-order valence-electron chi connectivity index (χ1n) is 10.3. The first-order chi connectivity index (χ1) is 15.1. The van der Waals surface area contributed by atoms with Crippen LogP contribution >= 0.6 is 0 Å². The van der Waals surface area contributed by atoms with Gasteiger partial charge in [0, 0.05) is 38.2 Å². The Kier molecular flexibility index (Phi) is 6.31. The summed E-state index contributed by atoms with van der Waals surface area (Å²) < 4.78 is 19.6. The van der Waals surface area contributed by atoms with E-state index in [4.69, 9.17) is 4.42 Å². The molecule has 0 saturated carbocycles. The van der Waals surface area contributed by atoms with Gasteiger partial charge in [0.05, 0.1) is 12.1 Å². The van der Waals surface area contributed by atoms with E-state index < -0.39 is 0 Å². The molecule has 160 valence electrons. The second-order valence-corrected chi connectivity index (χ2v) is 7.46. The topological polar surface area (TPSA) is 74.6 Å². The molecule has 0 radical (unpaired) electrons. The Morgan fingerprint density at radius 1 is 1.10 bits per heavy atom. The maximum absolute atomic E-state index is 13.9. The number of piperazine rings is 1. The Bertz CT molecular complexity index is 1060. The Balaban J connectivity index is 1.24. The summed E-state index contributed by atoms with van der Waals surface area (Å²) >= 11 is 0. The fourth-order valence-corrected chi connectivity index (χ4v) is 3.53. The van der Waals surface area contributed by atoms with E-state index in [0.717, 1.165) is 17.8 Å². The third-order valence-electron chi connectivity index (χ3n) is 5.23. The SMILES string of the molecule is O=C(CCc1ccc(-c2ccccc2F)o1)NCc1ccc(N2CCNC(=O)C2)cc1. The standard InChI is InChI=1S/C24H24FN3O3/c25-21-4-2-1-3-20(21)22-11-9-19(31-22)10-12-23(29)27-15-17-5-7-18(8-6-17)28-14-13-26-24(30)16-28/h1-9,11H,10,12-16H2,(H,26,30)(H,27,29). The van der Waals surface area contributed by atoms with Crippen molar-refractivity contribution in [2.24, 2.45) is 0 Å². The van der Waals surface area contributed by atoms with E-state index in [1.54, 1.807) is 30.3 Å². The monoisotopic (exact) mass is 421 g/mol. The maximum Gasteiger partial charge on any atom is 0.239 e. The van der Waals surface area contributed by atoms with E-state index in [-0.39, 0.29) is 24.1 Å². The van der Waals surface area contributed by atoms with Crippen molar-refractivity contribution in [1.29, 1.82) is 0 Å². The lowest BCUT2D eigenvalue weighted by Gasteiger charge is -2.28. The van der Waals surface area contributed by atoms with E-state index in [1.165, 1.54) is 6.07 Å². The number of nitrogens with zero attached hydrogens (tertiary/aromatic N) is 1. The number of aryl methyl sites for hydroxylation is 1. The van der Waals surface area contributed by atoms with Gasteiger partial charge in [0.2, 0.25) is 11.8 Å². The molecule has 4 rings (SSSR count). The van der Waals surface area contributed by atoms with Crippen molar-refractivity contribution in [1.82, 2.24) is 10.6 Å². The minimum atomic E-state index is -0.337. The molecule has 7 heteroatoms. The number of amides is 2. The number of nitrogens with one attached hydrogen (secondary N) is 2. The molecule has 1 aromatic heterocycles. The van der Waals surface area contributed by atoms with Gasteiger partial charge >= 0.3 is 0 Å². The molecule has 1 saturated heterocycles. The van der Waals surface area contributed by atoms with Gasteiger partial charge in [0.15, 0.2) is 0 Å². The van der Waals surface area contributed by atoms with Gasteiger partial charge in [-0.25, -0.2) is 4.39 Å². The second-order valence-electron chi connectivity index (χ2n) is 7.46. The molecule has 31 heavy (non-hydrogen) atoms. The van der Waals surface area contributed by atoms with E-state index in [2.05, 4.69) is 10.6 Å². The summed E-state index contributed by atoms with van der Waals surface area (Å²) in [7, 11) is 0. The lowest BCUT2D eigenvalue weighted by atomic mass is 10.1. The van der Waals surface area contributed by atoms with Crippen molar-refractivity contribution < 1.29 is 18.4 Å². The van der Waals surface area contributed by atoms with Crippen molar-refractivity contribution >= 4 is 17.5 Å². The molecule has 2 N–H and O–H groups in total. The predicted molar refractivity (Wildman–Crippen MR) is 116 cm³/mol. The Hall–Kier alpha value is -3.61. The molecule has 2 amide bonds. The van der Waals surface area contributed by atoms with Gasteiger partial charge in [-0.05, 0) is 42.0 Å². The average molecular weight is 421 g/mol. The van der Waals surface area contributed by atoms with Crippen LogP contribution in [0.1, 0.15) is 17.7 Å². The third kappa shape index (κ3) is 5.31. The van der Waals surface area contributed by atoms with Crippen molar-refractivity contribution in [3.8, 4) is 11.3 Å². The molecule has 0 atom stereocenters. The van der Waals surface area contributed by atoms with Crippen molar-refractivity contribution in [2.45, 2.75) is 19.4 Å². The van der Waals surface area contributed by atoms with E-state index in [1.807, 2.05) is 29.2 Å². The van der Waals surface area contributed by atoms with E-state index in [0.29, 0.717) is 43.1 Å². The second kappa shape index (κ2) is 9.47. The van der Waals surface area contributed by atoms with E-state index >= 15 is 0 Å². The highest BCUT2D eigenvalue weighted by atomic mass is 19.1. The van der Waals surface area contributed by atoms with Crippen molar-refractivity contribution in [2.75, 3.05) is 24.5 Å². The van der Waals surface area contributed by atoms with Crippen molar-refractivity contribution in [3.63, 3.8) is 0 Å². The quantitative estimate of drug-likeness (QED) is 0.614. The highest BCUT2D eigenvalue weighted by Crippen LogP contribution is 2.25. The van der Waals surface area contributed by atoms with Crippen LogP contribution in [0.15, 0.2) is 65.1 Å². The van der Waals surface area contributed by atoms with Crippen LogP contribution in [0, 0.1) is 5.82 Å². The molecule has 0 bridgehead atoms. The molecular weight excluding hydrogens is 397 g/mol. The Morgan fingerprint density at radius 3 is 2.68 bits per heavy atom. The molecule has 2 heterocycles. The van der Waals surface area contributed by atoms with Crippen LogP contribution < -0.4 is 15.5 Å². The summed E-state index contributed by atoms with van der Waals surface area (Å²) in [4.78, 5) is 25.8. The van der Waals surface area contributed by atoms with Crippen LogP contribution in [-0.2, 0) is 22.6 Å². The molecule has 2 aromatic carbocycles. The van der Waals surface area contributed by atoms with Gasteiger partial charge in [-0.2, -0.15) is 0 Å². The first-order valence-corrected chi connectivity index (χ1v) is 10.3. The zero-order chi connectivity index (χ0) is 21.6. The summed E-state index contributed by atoms with van der Waals surface area (Å²) in [6.07, 6.45) is 0.724. The number of halogens is 1. The molecule has 0 spiro atoms. The highest BCUT2D eigenvalue weighted by molar-refractivity contribution is 5.82. The Morgan fingerprint density at radius 2 is 1.90 bits per heavy atom. The molecule has 1 fully saturated rings. The summed E-state index contributed by atoms with van der Waals surface area (Å²) in [6.45, 7) is 2.22. The molecule has 0 aliphatic carbocycles. The van der Waals surface area contributed by atoms with Gasteiger partial charge in [0.1, 0.15) is 17.3 Å². The smallest absolute Gasteiger partial charge is 0.239 e. The number of benzene rings is 2. The number of hydrogen-bond acceptors (Lipinski definition) is 4. The number of rotatable bonds is 7. The molecule has 1 aliphatic heterocycles. The van der Waals surface area contributed by atoms with Gasteiger partial charge in [-0.1, -0.05) is 24.3 Å². The van der Waals surface area contributed by atoms with Gasteiger partial charge in [-0.15, -0.1) is 0 Å². The zero-order valence-corrected chi connectivity index (χ0v) is 17.1. The van der Waals surface area contributed by atoms with E-state index in [9.17, 15) is 14.0 Å². The van der Waals surface area contributed by atoms with Gasteiger partial charge in [-0.3, -0.25) is 9.59 Å². The number of hydrogen-bond donors (Lipinski definition) is 2. The lowest BCUT2D eigenvalue weighted by Crippen LogP contribution is -2.47. The van der Waals surface area contributed by atoms with Crippen LogP contribution in [0.2, 0.25) is 0 Å². The van der Waals surface area contributed by atoms with Crippen molar-refractivity contribution in [3.05, 3.63) is 77.8 Å². The fraction of sp³-hybridized carbons (Fsp3) is 0.250. The summed E-state index contributed by atoms with van der Waals surface area (Å²) in [5.41, 5.74) is 2.39. The van der Waals surface area contributed by atoms with Crippen LogP contribution in [0.5, 0.6) is 0 Å². The predicted octanol–water partition coefficient (Wildman–Crippen LogP) is 3.27. The zero-order valence-electron chi connectivity index (χ0n) is 17.1. The fourth-order valence-electron chi connectivity index (χ4n) is 3.53. The van der Waals surface area contributed by atoms with Gasteiger partial charge in [0.25, 0.3) is 0 Å². The maximum atomic E-state index is 13.9. The largest absolute Gasteiger partial charge is 0.461 e. The normalized spacial score (nSPS) is 13.7. The molecule has 3 aromatic rings. The van der Waals surface area contributed by atoms with Crippen LogP contribution in [0.4, 0.5) is 10.1 Å². The van der Waals surface area contributed by atoms with Crippen LogP contribution in [0.3, 0.4) is 0 Å². The lowest BCUT2D eigenvalue weighted by molar-refractivity contribution is -0.121.